The fraction of sp³-hybridized carbons (Fsp3) is 0.391. The van der Waals surface area contributed by atoms with Crippen molar-refractivity contribution in [2.45, 2.75) is 45.6 Å². The lowest BCUT2D eigenvalue weighted by atomic mass is 9.88. The first-order chi connectivity index (χ1) is 13.4. The molecule has 2 aromatic carbocycles. The molecular formula is C23H28ClNO3. The SMILES string of the molecule is CC(C)[C@@H](C(=O)OCC(=O)N[C@@H](C)CCc1ccccc1)c1ccc(Cl)cc1. The van der Waals surface area contributed by atoms with E-state index in [0.717, 1.165) is 18.4 Å². The average molecular weight is 402 g/mol. The van der Waals surface area contributed by atoms with Crippen LogP contribution in [0.5, 0.6) is 0 Å². The van der Waals surface area contributed by atoms with Crippen LogP contribution < -0.4 is 5.32 Å². The summed E-state index contributed by atoms with van der Waals surface area (Å²) in [5.74, 6) is -1.07. The zero-order chi connectivity index (χ0) is 20.5. The summed E-state index contributed by atoms with van der Waals surface area (Å²) < 4.78 is 5.29. The Bertz CT molecular complexity index is 759. The molecule has 0 radical (unpaired) electrons. The maximum Gasteiger partial charge on any atom is 0.314 e. The van der Waals surface area contributed by atoms with Crippen LogP contribution in [0.1, 0.15) is 44.2 Å². The molecule has 0 unspecified atom stereocenters. The fourth-order valence-corrected chi connectivity index (χ4v) is 3.23. The van der Waals surface area contributed by atoms with Crippen molar-refractivity contribution in [2.24, 2.45) is 5.92 Å². The van der Waals surface area contributed by atoms with Crippen LogP contribution >= 0.6 is 11.6 Å². The van der Waals surface area contributed by atoms with E-state index < -0.39 is 11.9 Å². The van der Waals surface area contributed by atoms with Gasteiger partial charge >= 0.3 is 5.97 Å². The van der Waals surface area contributed by atoms with E-state index in [2.05, 4.69) is 17.4 Å². The van der Waals surface area contributed by atoms with Gasteiger partial charge in [-0.2, -0.15) is 0 Å². The van der Waals surface area contributed by atoms with Gasteiger partial charge in [0.1, 0.15) is 0 Å². The molecule has 0 bridgehead atoms. The third-order valence-electron chi connectivity index (χ3n) is 4.61. The molecule has 5 heteroatoms. The lowest BCUT2D eigenvalue weighted by Gasteiger charge is -2.20. The number of benzene rings is 2. The van der Waals surface area contributed by atoms with Gasteiger partial charge in [0.05, 0.1) is 5.92 Å². The molecule has 0 aliphatic rings. The molecule has 0 fully saturated rings. The summed E-state index contributed by atoms with van der Waals surface area (Å²) in [5, 5.41) is 3.50. The molecule has 1 amide bonds. The van der Waals surface area contributed by atoms with Crippen molar-refractivity contribution in [1.29, 1.82) is 0 Å². The zero-order valence-corrected chi connectivity index (χ0v) is 17.4. The number of carbonyl (C=O) groups excluding carboxylic acids is 2. The van der Waals surface area contributed by atoms with Gasteiger partial charge in [0, 0.05) is 11.1 Å². The summed E-state index contributed by atoms with van der Waals surface area (Å²) >= 11 is 5.92. The standard InChI is InChI=1S/C23H28ClNO3/c1-16(2)22(19-11-13-20(24)14-12-19)23(27)28-15-21(26)25-17(3)9-10-18-7-5-4-6-8-18/h4-8,11-14,16-17,22H,9-10,15H2,1-3H3,(H,25,26)/t17-,22+/m0/s1. The second kappa shape index (κ2) is 10.9. The first-order valence-corrected chi connectivity index (χ1v) is 10.00. The van der Waals surface area contributed by atoms with Crippen molar-refractivity contribution in [3.05, 3.63) is 70.7 Å². The third kappa shape index (κ3) is 7.01. The Hall–Kier alpha value is -2.33. The molecule has 2 rings (SSSR count). The number of rotatable bonds is 9. The summed E-state index contributed by atoms with van der Waals surface area (Å²) in [6.45, 7) is 5.58. The van der Waals surface area contributed by atoms with Crippen molar-refractivity contribution >= 4 is 23.5 Å². The summed E-state index contributed by atoms with van der Waals surface area (Å²) in [6.07, 6.45) is 1.71. The first kappa shape index (κ1) is 22.0. The molecule has 0 aliphatic carbocycles. The molecular weight excluding hydrogens is 374 g/mol. The second-order valence-electron chi connectivity index (χ2n) is 7.37. The lowest BCUT2D eigenvalue weighted by molar-refractivity contribution is -0.151. The van der Waals surface area contributed by atoms with E-state index in [0.29, 0.717) is 5.02 Å². The van der Waals surface area contributed by atoms with Crippen LogP contribution in [0, 0.1) is 5.92 Å². The number of esters is 1. The van der Waals surface area contributed by atoms with E-state index in [1.165, 1.54) is 5.56 Å². The maximum atomic E-state index is 12.5. The number of ether oxygens (including phenoxy) is 1. The van der Waals surface area contributed by atoms with Crippen LogP contribution in [0.25, 0.3) is 0 Å². The van der Waals surface area contributed by atoms with Gasteiger partial charge in [0.2, 0.25) is 0 Å². The highest BCUT2D eigenvalue weighted by Gasteiger charge is 2.26. The van der Waals surface area contributed by atoms with Gasteiger partial charge < -0.3 is 10.1 Å². The van der Waals surface area contributed by atoms with Crippen LogP contribution in [-0.2, 0) is 20.7 Å². The van der Waals surface area contributed by atoms with Crippen LogP contribution in [0.2, 0.25) is 5.02 Å². The lowest BCUT2D eigenvalue weighted by Crippen LogP contribution is -2.36. The number of nitrogens with one attached hydrogen (secondary N) is 1. The van der Waals surface area contributed by atoms with E-state index in [-0.39, 0.29) is 24.5 Å². The van der Waals surface area contributed by atoms with Gasteiger partial charge in [-0.3, -0.25) is 9.59 Å². The Labute approximate surface area is 172 Å². The quantitative estimate of drug-likeness (QED) is 0.616. The summed E-state index contributed by atoms with van der Waals surface area (Å²) in [5.41, 5.74) is 2.07. The van der Waals surface area contributed by atoms with Crippen molar-refractivity contribution < 1.29 is 14.3 Å². The Morgan fingerprint density at radius 3 is 2.25 bits per heavy atom. The summed E-state index contributed by atoms with van der Waals surface area (Å²) in [4.78, 5) is 24.7. The van der Waals surface area contributed by atoms with Gasteiger partial charge in [-0.25, -0.2) is 0 Å². The normalized spacial score (nSPS) is 13.0. The van der Waals surface area contributed by atoms with Crippen LogP contribution in [0.3, 0.4) is 0 Å². The third-order valence-corrected chi connectivity index (χ3v) is 4.86. The van der Waals surface area contributed by atoms with E-state index in [4.69, 9.17) is 16.3 Å². The maximum absolute atomic E-state index is 12.5. The molecule has 0 aliphatic heterocycles. The highest BCUT2D eigenvalue weighted by atomic mass is 35.5. The molecule has 2 aromatic rings. The fourth-order valence-electron chi connectivity index (χ4n) is 3.11. The highest BCUT2D eigenvalue weighted by molar-refractivity contribution is 6.30. The minimum atomic E-state index is -0.430. The average Bonchev–Trinajstić information content (AvgIpc) is 2.67. The van der Waals surface area contributed by atoms with Crippen molar-refractivity contribution in [2.75, 3.05) is 6.61 Å². The minimum Gasteiger partial charge on any atom is -0.455 e. The Morgan fingerprint density at radius 2 is 1.64 bits per heavy atom. The van der Waals surface area contributed by atoms with Crippen molar-refractivity contribution in [1.82, 2.24) is 5.32 Å². The molecule has 1 N–H and O–H groups in total. The van der Waals surface area contributed by atoms with E-state index in [1.54, 1.807) is 12.1 Å². The number of amides is 1. The molecule has 0 heterocycles. The largest absolute Gasteiger partial charge is 0.455 e. The van der Waals surface area contributed by atoms with E-state index in [1.807, 2.05) is 51.1 Å². The second-order valence-corrected chi connectivity index (χ2v) is 7.81. The highest BCUT2D eigenvalue weighted by Crippen LogP contribution is 2.27. The van der Waals surface area contributed by atoms with Crippen LogP contribution in [0.4, 0.5) is 0 Å². The molecule has 0 saturated carbocycles. The molecule has 0 aromatic heterocycles. The van der Waals surface area contributed by atoms with Gasteiger partial charge in [-0.1, -0.05) is 67.9 Å². The Kier molecular flexibility index (Phi) is 8.52. The smallest absolute Gasteiger partial charge is 0.314 e. The predicted octanol–water partition coefficient (Wildman–Crippen LogP) is 4.76. The number of halogens is 1. The van der Waals surface area contributed by atoms with Crippen molar-refractivity contribution in [3.63, 3.8) is 0 Å². The zero-order valence-electron chi connectivity index (χ0n) is 16.7. The molecule has 4 nitrogen and oxygen atoms in total. The molecule has 2 atom stereocenters. The predicted molar refractivity (Wildman–Crippen MR) is 112 cm³/mol. The van der Waals surface area contributed by atoms with Crippen molar-refractivity contribution in [3.8, 4) is 0 Å². The monoisotopic (exact) mass is 401 g/mol. The number of carbonyl (C=O) groups is 2. The summed E-state index contributed by atoms with van der Waals surface area (Å²) in [6, 6.07) is 17.3. The first-order valence-electron chi connectivity index (χ1n) is 9.62. The van der Waals surface area contributed by atoms with Gasteiger partial charge in [-0.15, -0.1) is 0 Å². The molecule has 0 saturated heterocycles. The molecule has 28 heavy (non-hydrogen) atoms. The van der Waals surface area contributed by atoms with Gasteiger partial charge in [0.25, 0.3) is 5.91 Å². The number of aryl methyl sites for hydroxylation is 1. The van der Waals surface area contributed by atoms with Gasteiger partial charge in [0.15, 0.2) is 6.61 Å². The van der Waals surface area contributed by atoms with E-state index in [9.17, 15) is 9.59 Å². The van der Waals surface area contributed by atoms with E-state index >= 15 is 0 Å². The van der Waals surface area contributed by atoms with Crippen LogP contribution in [-0.4, -0.2) is 24.5 Å². The Balaban J connectivity index is 1.81. The van der Waals surface area contributed by atoms with Gasteiger partial charge in [-0.05, 0) is 48.9 Å². The summed E-state index contributed by atoms with van der Waals surface area (Å²) in [7, 11) is 0. The van der Waals surface area contributed by atoms with Crippen LogP contribution in [0.15, 0.2) is 54.6 Å². The Morgan fingerprint density at radius 1 is 1.00 bits per heavy atom. The topological polar surface area (TPSA) is 55.4 Å². The number of hydrogen-bond acceptors (Lipinski definition) is 3. The number of hydrogen-bond donors (Lipinski definition) is 1. The molecule has 150 valence electrons. The molecule has 0 spiro atoms. The minimum absolute atomic E-state index is 0.00330.